The minimum atomic E-state index is -0.688. The Hall–Kier alpha value is -2.43. The largest absolute Gasteiger partial charge is 0.462 e. The van der Waals surface area contributed by atoms with Crippen molar-refractivity contribution in [3.8, 4) is 0 Å². The van der Waals surface area contributed by atoms with Crippen LogP contribution in [-0.2, 0) is 14.3 Å². The molecule has 6 heteroatoms. The van der Waals surface area contributed by atoms with Crippen LogP contribution in [0.3, 0.4) is 0 Å². The predicted octanol–water partition coefficient (Wildman–Crippen LogP) is 6.91. The summed E-state index contributed by atoms with van der Waals surface area (Å²) in [7, 11) is 0. The smallest absolute Gasteiger partial charge is 0.315 e. The molecule has 172 valence electrons. The van der Waals surface area contributed by atoms with Gasteiger partial charge in [0.05, 0.1) is 16.1 Å². The molecular formula is C27H27Cl2NO3. The number of allylic oxidation sites excluding steroid dienone is 2. The van der Waals surface area contributed by atoms with Gasteiger partial charge in [0.15, 0.2) is 5.78 Å². The van der Waals surface area contributed by atoms with Gasteiger partial charge in [0.25, 0.3) is 0 Å². The average molecular weight is 484 g/mol. The van der Waals surface area contributed by atoms with Gasteiger partial charge in [0.1, 0.15) is 5.92 Å². The lowest BCUT2D eigenvalue weighted by Crippen LogP contribution is -2.39. The number of esters is 1. The van der Waals surface area contributed by atoms with Crippen LogP contribution in [0.25, 0.3) is 0 Å². The molecular weight excluding hydrogens is 457 g/mol. The number of ether oxygens (including phenoxy) is 1. The molecule has 4 unspecified atom stereocenters. The van der Waals surface area contributed by atoms with Gasteiger partial charge in [0, 0.05) is 29.3 Å². The molecule has 0 N–H and O–H groups in total. The fraction of sp³-hybridized carbons (Fsp3) is 0.370. The first-order valence-electron chi connectivity index (χ1n) is 11.3. The molecule has 0 saturated heterocycles. The molecule has 2 aliphatic rings. The summed E-state index contributed by atoms with van der Waals surface area (Å²) in [5.74, 6) is -1.49. The fourth-order valence-corrected chi connectivity index (χ4v) is 5.05. The number of ketones is 1. The molecule has 0 radical (unpaired) electrons. The lowest BCUT2D eigenvalue weighted by atomic mass is 9.69. The second-order valence-electron chi connectivity index (χ2n) is 8.84. The summed E-state index contributed by atoms with van der Waals surface area (Å²) in [5, 5.41) is 0.810. The van der Waals surface area contributed by atoms with Crippen LogP contribution in [0.1, 0.15) is 63.0 Å². The summed E-state index contributed by atoms with van der Waals surface area (Å²) in [6.07, 6.45) is 1.51. The van der Waals surface area contributed by atoms with Crippen molar-refractivity contribution in [3.63, 3.8) is 0 Å². The minimum absolute atomic E-state index is 0.0127. The SMILES string of the molecule is CCC(C)OC(=O)C1C(C)=NC2=C(C(=O)CC(c3ccccc3)C2)C1c1ccc(Cl)c(Cl)c1. The van der Waals surface area contributed by atoms with Crippen molar-refractivity contribution in [1.82, 2.24) is 0 Å². The van der Waals surface area contributed by atoms with Gasteiger partial charge in [-0.25, -0.2) is 0 Å². The van der Waals surface area contributed by atoms with Crippen molar-refractivity contribution < 1.29 is 14.3 Å². The summed E-state index contributed by atoms with van der Waals surface area (Å²) in [4.78, 5) is 31.6. The Labute approximate surface area is 204 Å². The van der Waals surface area contributed by atoms with E-state index in [-0.39, 0.29) is 23.8 Å². The third kappa shape index (κ3) is 4.78. The summed E-state index contributed by atoms with van der Waals surface area (Å²) in [6, 6.07) is 15.3. The average Bonchev–Trinajstić information content (AvgIpc) is 2.80. The van der Waals surface area contributed by atoms with Crippen molar-refractivity contribution in [3.05, 3.63) is 81.0 Å². The Morgan fingerprint density at radius 3 is 2.48 bits per heavy atom. The maximum Gasteiger partial charge on any atom is 0.315 e. The Morgan fingerprint density at radius 1 is 1.09 bits per heavy atom. The first-order valence-corrected chi connectivity index (χ1v) is 12.1. The number of benzene rings is 2. The fourth-order valence-electron chi connectivity index (χ4n) is 4.75. The number of carbonyl (C=O) groups is 2. The molecule has 4 nitrogen and oxygen atoms in total. The second-order valence-corrected chi connectivity index (χ2v) is 9.65. The normalized spacial score (nSPS) is 23.6. The van der Waals surface area contributed by atoms with Gasteiger partial charge in [-0.15, -0.1) is 0 Å². The van der Waals surface area contributed by atoms with Crippen molar-refractivity contribution in [1.29, 1.82) is 0 Å². The van der Waals surface area contributed by atoms with Crippen LogP contribution in [0.4, 0.5) is 0 Å². The molecule has 1 aliphatic heterocycles. The van der Waals surface area contributed by atoms with E-state index in [0.717, 1.165) is 16.8 Å². The van der Waals surface area contributed by atoms with Crippen molar-refractivity contribution in [2.75, 3.05) is 0 Å². The van der Waals surface area contributed by atoms with E-state index in [0.29, 0.717) is 40.6 Å². The van der Waals surface area contributed by atoms with E-state index in [1.54, 1.807) is 12.1 Å². The summed E-state index contributed by atoms with van der Waals surface area (Å²) in [5.41, 5.74) is 3.89. The van der Waals surface area contributed by atoms with Crippen LogP contribution in [0.2, 0.25) is 10.0 Å². The third-order valence-corrected chi connectivity index (χ3v) is 7.35. The van der Waals surface area contributed by atoms with Crippen LogP contribution in [0, 0.1) is 5.92 Å². The molecule has 1 aliphatic carbocycles. The summed E-state index contributed by atoms with van der Waals surface area (Å²) < 4.78 is 5.71. The third-order valence-electron chi connectivity index (χ3n) is 6.61. The molecule has 0 aromatic heterocycles. The molecule has 1 heterocycles. The van der Waals surface area contributed by atoms with E-state index in [9.17, 15) is 9.59 Å². The van der Waals surface area contributed by atoms with E-state index in [1.165, 1.54) is 0 Å². The lowest BCUT2D eigenvalue weighted by molar-refractivity contribution is -0.151. The van der Waals surface area contributed by atoms with E-state index in [4.69, 9.17) is 32.9 Å². The van der Waals surface area contributed by atoms with E-state index in [2.05, 4.69) is 0 Å². The molecule has 2 aromatic carbocycles. The molecule has 0 bridgehead atoms. The second kappa shape index (κ2) is 9.82. The van der Waals surface area contributed by atoms with Gasteiger partial charge < -0.3 is 4.74 Å². The van der Waals surface area contributed by atoms with Gasteiger partial charge in [-0.1, -0.05) is 66.5 Å². The number of hydrogen-bond donors (Lipinski definition) is 0. The quantitative estimate of drug-likeness (QED) is 0.434. The monoisotopic (exact) mass is 483 g/mol. The standard InChI is InChI=1S/C27H27Cl2NO3/c1-4-15(2)33-27(32)24-16(3)30-22-13-19(17-8-6-5-7-9-17)14-23(31)26(22)25(24)18-10-11-20(28)21(29)12-18/h5-12,15,19,24-25H,4,13-14H2,1-3H3. The van der Waals surface area contributed by atoms with E-state index in [1.807, 2.05) is 57.2 Å². The highest BCUT2D eigenvalue weighted by Crippen LogP contribution is 2.47. The zero-order valence-electron chi connectivity index (χ0n) is 19.0. The van der Waals surface area contributed by atoms with E-state index >= 15 is 0 Å². The highest BCUT2D eigenvalue weighted by Gasteiger charge is 2.45. The maximum absolute atomic E-state index is 13.6. The first kappa shape index (κ1) is 23.7. The van der Waals surface area contributed by atoms with Gasteiger partial charge in [-0.3, -0.25) is 14.6 Å². The minimum Gasteiger partial charge on any atom is -0.462 e. The van der Waals surface area contributed by atoms with Gasteiger partial charge in [0.2, 0.25) is 0 Å². The highest BCUT2D eigenvalue weighted by atomic mass is 35.5. The van der Waals surface area contributed by atoms with Crippen molar-refractivity contribution in [2.45, 2.75) is 58.0 Å². The van der Waals surface area contributed by atoms with Gasteiger partial charge in [-0.05, 0) is 55.9 Å². The van der Waals surface area contributed by atoms with Crippen LogP contribution in [0.15, 0.2) is 64.8 Å². The van der Waals surface area contributed by atoms with Gasteiger partial charge >= 0.3 is 5.97 Å². The molecule has 0 fully saturated rings. The van der Waals surface area contributed by atoms with Gasteiger partial charge in [-0.2, -0.15) is 0 Å². The zero-order valence-corrected chi connectivity index (χ0v) is 20.5. The maximum atomic E-state index is 13.6. The highest BCUT2D eigenvalue weighted by molar-refractivity contribution is 6.42. The Morgan fingerprint density at radius 2 is 1.82 bits per heavy atom. The summed E-state index contributed by atoms with van der Waals surface area (Å²) in [6.45, 7) is 5.67. The van der Waals surface area contributed by atoms with E-state index < -0.39 is 11.8 Å². The van der Waals surface area contributed by atoms with Crippen molar-refractivity contribution >= 4 is 40.7 Å². The molecule has 4 rings (SSSR count). The van der Waals surface area contributed by atoms with Crippen LogP contribution in [-0.4, -0.2) is 23.6 Å². The Balaban J connectivity index is 1.80. The topological polar surface area (TPSA) is 55.7 Å². The molecule has 2 aromatic rings. The number of nitrogens with zero attached hydrogens (tertiary/aromatic N) is 1. The lowest BCUT2D eigenvalue weighted by Gasteiger charge is -2.37. The van der Waals surface area contributed by atoms with Crippen LogP contribution >= 0.6 is 23.2 Å². The molecule has 0 amide bonds. The number of carbonyl (C=O) groups excluding carboxylic acids is 2. The molecule has 4 atom stereocenters. The summed E-state index contributed by atoms with van der Waals surface area (Å²) >= 11 is 12.5. The Kier molecular flexibility index (Phi) is 7.06. The number of rotatable bonds is 5. The van der Waals surface area contributed by atoms with Crippen LogP contribution < -0.4 is 0 Å². The van der Waals surface area contributed by atoms with Crippen LogP contribution in [0.5, 0.6) is 0 Å². The number of hydrogen-bond acceptors (Lipinski definition) is 4. The number of halogens is 2. The Bertz CT molecular complexity index is 1140. The van der Waals surface area contributed by atoms with Crippen molar-refractivity contribution in [2.24, 2.45) is 10.9 Å². The zero-order chi connectivity index (χ0) is 23.7. The number of Topliss-reactive ketones (excluding diaryl/α,β-unsaturated/α-hetero) is 1. The number of aliphatic imine (C=N–C) groups is 1. The first-order chi connectivity index (χ1) is 15.8. The molecule has 0 spiro atoms. The predicted molar refractivity (Wildman–Crippen MR) is 132 cm³/mol. The molecule has 0 saturated carbocycles. The molecule has 33 heavy (non-hydrogen) atoms.